The van der Waals surface area contributed by atoms with Gasteiger partial charge in [0.05, 0.1) is 12.2 Å². The van der Waals surface area contributed by atoms with Crippen LogP contribution in [0.25, 0.3) is 22.2 Å². The molecule has 2 aromatic heterocycles. The third kappa shape index (κ3) is 3.79. The molecule has 0 bridgehead atoms. The number of hydrogen-bond donors (Lipinski definition) is 1. The minimum atomic E-state index is 0.130. The minimum absolute atomic E-state index is 0.130. The second kappa shape index (κ2) is 7.93. The lowest BCUT2D eigenvalue weighted by Gasteiger charge is -2.34. The number of ether oxygens (including phenoxy) is 1. The average Bonchev–Trinajstić information content (AvgIpc) is 3.22. The fraction of sp³-hybridized carbons (Fsp3) is 0.217. The van der Waals surface area contributed by atoms with E-state index in [-0.39, 0.29) is 6.04 Å². The van der Waals surface area contributed by atoms with E-state index in [9.17, 15) is 0 Å². The van der Waals surface area contributed by atoms with Gasteiger partial charge < -0.3 is 19.4 Å². The molecule has 5 rings (SSSR count). The van der Waals surface area contributed by atoms with Crippen molar-refractivity contribution in [3.05, 3.63) is 73.1 Å². The molecule has 0 spiro atoms. The van der Waals surface area contributed by atoms with Crippen LogP contribution in [0.1, 0.15) is 0 Å². The van der Waals surface area contributed by atoms with Crippen LogP contribution >= 0.6 is 0 Å². The third-order valence-electron chi connectivity index (χ3n) is 5.16. The second-order valence-corrected chi connectivity index (χ2v) is 7.10. The zero-order valence-electron chi connectivity index (χ0n) is 16.0. The van der Waals surface area contributed by atoms with Gasteiger partial charge in [-0.05, 0) is 35.4 Å². The Morgan fingerprint density at radius 2 is 2.00 bits per heavy atom. The van der Waals surface area contributed by atoms with Gasteiger partial charge in [0.15, 0.2) is 5.58 Å². The number of fused-ring (bicyclic) bond motifs is 1. The third-order valence-corrected chi connectivity index (χ3v) is 5.16. The molecular formula is C23H22N4O2. The van der Waals surface area contributed by atoms with Gasteiger partial charge in [0.25, 0.3) is 6.01 Å². The standard InChI is InChI=1S/C23H22N4O2/c1-2-5-17(6-3-1)18-8-9-22-21(13-18)26-23(29-22)27-12-11-25-14-19(27)16-28-20-7-4-10-24-15-20/h1-10,13,15,19,25H,11-12,14,16H2/t19-/m1/s1. The van der Waals surface area contributed by atoms with E-state index in [1.54, 1.807) is 12.4 Å². The molecule has 6 heteroatoms. The van der Waals surface area contributed by atoms with E-state index in [2.05, 4.69) is 39.5 Å². The van der Waals surface area contributed by atoms with Gasteiger partial charge in [0, 0.05) is 25.8 Å². The number of nitrogens with zero attached hydrogens (tertiary/aromatic N) is 3. The number of benzene rings is 2. The van der Waals surface area contributed by atoms with E-state index >= 15 is 0 Å². The van der Waals surface area contributed by atoms with Crippen LogP contribution < -0.4 is 15.0 Å². The van der Waals surface area contributed by atoms with Crippen molar-refractivity contribution in [1.29, 1.82) is 0 Å². The molecule has 1 aliphatic rings. The van der Waals surface area contributed by atoms with Crippen molar-refractivity contribution in [2.45, 2.75) is 6.04 Å². The number of rotatable bonds is 5. The number of hydrogen-bond acceptors (Lipinski definition) is 6. The monoisotopic (exact) mass is 386 g/mol. The zero-order chi connectivity index (χ0) is 19.5. The van der Waals surface area contributed by atoms with Gasteiger partial charge in [-0.3, -0.25) is 4.98 Å². The van der Waals surface area contributed by atoms with E-state index in [4.69, 9.17) is 14.1 Å². The lowest BCUT2D eigenvalue weighted by Crippen LogP contribution is -2.54. The largest absolute Gasteiger partial charge is 0.490 e. The smallest absolute Gasteiger partial charge is 0.298 e. The van der Waals surface area contributed by atoms with Crippen LogP contribution in [0.2, 0.25) is 0 Å². The quantitative estimate of drug-likeness (QED) is 0.564. The summed E-state index contributed by atoms with van der Waals surface area (Å²) >= 11 is 0. The van der Waals surface area contributed by atoms with Crippen molar-refractivity contribution >= 4 is 17.1 Å². The molecule has 1 saturated heterocycles. The molecule has 3 heterocycles. The van der Waals surface area contributed by atoms with Crippen LogP contribution in [0.5, 0.6) is 5.75 Å². The van der Waals surface area contributed by atoms with Gasteiger partial charge >= 0.3 is 0 Å². The van der Waals surface area contributed by atoms with Crippen molar-refractivity contribution in [1.82, 2.24) is 15.3 Å². The SMILES string of the molecule is c1ccc(-c2ccc3oc(N4CCNC[C@@H]4COc4cccnc4)nc3c2)cc1. The molecule has 146 valence electrons. The minimum Gasteiger partial charge on any atom is -0.490 e. The van der Waals surface area contributed by atoms with E-state index in [1.165, 1.54) is 5.56 Å². The summed E-state index contributed by atoms with van der Waals surface area (Å²) in [6.45, 7) is 3.05. The summed E-state index contributed by atoms with van der Waals surface area (Å²) in [5.41, 5.74) is 3.97. The molecule has 1 fully saturated rings. The molecule has 0 amide bonds. The summed E-state index contributed by atoms with van der Waals surface area (Å²) in [7, 11) is 0. The molecule has 6 nitrogen and oxygen atoms in total. The van der Waals surface area contributed by atoms with Crippen molar-refractivity contribution < 1.29 is 9.15 Å². The second-order valence-electron chi connectivity index (χ2n) is 7.10. The van der Waals surface area contributed by atoms with Crippen molar-refractivity contribution in [3.63, 3.8) is 0 Å². The Balaban J connectivity index is 1.39. The molecule has 0 radical (unpaired) electrons. The first-order valence-corrected chi connectivity index (χ1v) is 9.83. The fourth-order valence-corrected chi connectivity index (χ4v) is 3.63. The summed E-state index contributed by atoms with van der Waals surface area (Å²) < 4.78 is 12.0. The highest BCUT2D eigenvalue weighted by molar-refractivity contribution is 5.81. The number of nitrogens with one attached hydrogen (secondary N) is 1. The highest BCUT2D eigenvalue weighted by Gasteiger charge is 2.27. The van der Waals surface area contributed by atoms with E-state index in [0.29, 0.717) is 12.6 Å². The van der Waals surface area contributed by atoms with Gasteiger partial charge in [-0.15, -0.1) is 0 Å². The molecule has 1 aliphatic heterocycles. The van der Waals surface area contributed by atoms with Crippen LogP contribution in [-0.2, 0) is 0 Å². The molecular weight excluding hydrogens is 364 g/mol. The zero-order valence-corrected chi connectivity index (χ0v) is 16.0. The fourth-order valence-electron chi connectivity index (χ4n) is 3.63. The first-order chi connectivity index (χ1) is 14.4. The Morgan fingerprint density at radius 3 is 2.86 bits per heavy atom. The van der Waals surface area contributed by atoms with Gasteiger partial charge in [0.2, 0.25) is 0 Å². The maximum absolute atomic E-state index is 6.10. The molecule has 0 unspecified atom stereocenters. The first kappa shape index (κ1) is 17.7. The van der Waals surface area contributed by atoms with E-state index in [0.717, 1.165) is 42.0 Å². The summed E-state index contributed by atoms with van der Waals surface area (Å²) in [4.78, 5) is 11.1. The Hall–Kier alpha value is -3.38. The summed E-state index contributed by atoms with van der Waals surface area (Å²) in [5, 5.41) is 3.43. The van der Waals surface area contributed by atoms with Crippen LogP contribution in [0.4, 0.5) is 6.01 Å². The lowest BCUT2D eigenvalue weighted by molar-refractivity contribution is 0.261. The summed E-state index contributed by atoms with van der Waals surface area (Å²) in [6, 6.07) is 21.0. The predicted octanol–water partition coefficient (Wildman–Crippen LogP) is 3.75. The normalized spacial score (nSPS) is 16.8. The Bertz CT molecular complexity index is 1080. The molecule has 4 aromatic rings. The lowest BCUT2D eigenvalue weighted by atomic mass is 10.1. The Kier molecular flexibility index (Phi) is 4.84. The van der Waals surface area contributed by atoms with Crippen molar-refractivity contribution in [3.8, 4) is 16.9 Å². The number of pyridine rings is 1. The van der Waals surface area contributed by atoms with E-state index in [1.807, 2.05) is 36.4 Å². The van der Waals surface area contributed by atoms with Crippen molar-refractivity contribution in [2.24, 2.45) is 0 Å². The number of oxazole rings is 1. The topological polar surface area (TPSA) is 63.4 Å². The van der Waals surface area contributed by atoms with Gasteiger partial charge in [-0.1, -0.05) is 36.4 Å². The highest BCUT2D eigenvalue weighted by atomic mass is 16.5. The van der Waals surface area contributed by atoms with Crippen LogP contribution in [0.3, 0.4) is 0 Å². The Labute approximate surface area is 169 Å². The molecule has 2 aromatic carbocycles. The molecule has 0 saturated carbocycles. The summed E-state index contributed by atoms with van der Waals surface area (Å²) in [6.07, 6.45) is 3.47. The highest BCUT2D eigenvalue weighted by Crippen LogP contribution is 2.28. The van der Waals surface area contributed by atoms with Crippen molar-refractivity contribution in [2.75, 3.05) is 31.1 Å². The number of piperazine rings is 1. The number of aromatic nitrogens is 2. The van der Waals surface area contributed by atoms with Crippen LogP contribution in [0.15, 0.2) is 77.5 Å². The van der Waals surface area contributed by atoms with Crippen LogP contribution in [-0.4, -0.2) is 42.3 Å². The molecule has 1 atom stereocenters. The maximum atomic E-state index is 6.10. The maximum Gasteiger partial charge on any atom is 0.298 e. The summed E-state index contributed by atoms with van der Waals surface area (Å²) in [5.74, 6) is 0.767. The molecule has 0 aliphatic carbocycles. The van der Waals surface area contributed by atoms with E-state index < -0.39 is 0 Å². The molecule has 1 N–H and O–H groups in total. The van der Waals surface area contributed by atoms with Gasteiger partial charge in [-0.25, -0.2) is 0 Å². The predicted molar refractivity (Wildman–Crippen MR) is 113 cm³/mol. The first-order valence-electron chi connectivity index (χ1n) is 9.83. The van der Waals surface area contributed by atoms with Gasteiger partial charge in [0.1, 0.15) is 17.9 Å². The van der Waals surface area contributed by atoms with Gasteiger partial charge in [-0.2, -0.15) is 4.98 Å². The van der Waals surface area contributed by atoms with Crippen LogP contribution in [0, 0.1) is 0 Å². The number of anilines is 1. The Morgan fingerprint density at radius 1 is 1.07 bits per heavy atom. The molecule has 29 heavy (non-hydrogen) atoms. The average molecular weight is 386 g/mol.